The van der Waals surface area contributed by atoms with E-state index in [0.29, 0.717) is 6.04 Å². The molecule has 4 nitrogen and oxygen atoms in total. The second-order valence-corrected chi connectivity index (χ2v) is 5.00. The first-order chi connectivity index (χ1) is 9.63. The van der Waals surface area contributed by atoms with E-state index in [2.05, 4.69) is 42.6 Å². The van der Waals surface area contributed by atoms with E-state index in [1.807, 2.05) is 23.9 Å². The van der Waals surface area contributed by atoms with Crippen molar-refractivity contribution in [2.24, 2.45) is 7.05 Å². The van der Waals surface area contributed by atoms with Gasteiger partial charge in [-0.3, -0.25) is 4.68 Å². The van der Waals surface area contributed by atoms with Crippen molar-refractivity contribution in [1.82, 2.24) is 15.1 Å². The molecule has 1 N–H and O–H groups in total. The lowest BCUT2D eigenvalue weighted by Gasteiger charge is -2.14. The maximum absolute atomic E-state index is 5.18. The average molecular weight is 273 g/mol. The van der Waals surface area contributed by atoms with Crippen LogP contribution in [0, 0.1) is 0 Å². The molecule has 0 fully saturated rings. The Morgan fingerprint density at radius 3 is 2.60 bits per heavy atom. The van der Waals surface area contributed by atoms with Crippen molar-refractivity contribution >= 4 is 0 Å². The largest absolute Gasteiger partial charge is 0.497 e. The number of hydrogen-bond donors (Lipinski definition) is 1. The predicted molar refractivity (Wildman–Crippen MR) is 80.8 cm³/mol. The van der Waals surface area contributed by atoms with Gasteiger partial charge in [0.2, 0.25) is 0 Å². The van der Waals surface area contributed by atoms with Crippen LogP contribution in [0.1, 0.15) is 36.7 Å². The summed E-state index contributed by atoms with van der Waals surface area (Å²) in [6.45, 7) is 5.15. The average Bonchev–Trinajstić information content (AvgIpc) is 2.85. The van der Waals surface area contributed by atoms with Crippen molar-refractivity contribution in [3.63, 3.8) is 0 Å². The van der Waals surface area contributed by atoms with Crippen molar-refractivity contribution < 1.29 is 4.74 Å². The van der Waals surface area contributed by atoms with E-state index in [1.54, 1.807) is 7.11 Å². The molecular formula is C16H23N3O. The van der Waals surface area contributed by atoms with Gasteiger partial charge in [0.05, 0.1) is 12.8 Å². The molecule has 0 aliphatic rings. The Morgan fingerprint density at radius 2 is 2.00 bits per heavy atom. The minimum Gasteiger partial charge on any atom is -0.497 e. The lowest BCUT2D eigenvalue weighted by molar-refractivity contribution is 0.414. The van der Waals surface area contributed by atoms with Crippen molar-refractivity contribution in [1.29, 1.82) is 0 Å². The first kappa shape index (κ1) is 14.6. The Labute approximate surface area is 120 Å². The topological polar surface area (TPSA) is 39.1 Å². The molecule has 0 aliphatic heterocycles. The summed E-state index contributed by atoms with van der Waals surface area (Å²) < 4.78 is 7.06. The number of methoxy groups -OCH3 is 1. The summed E-state index contributed by atoms with van der Waals surface area (Å²) in [5, 5.41) is 8.01. The summed E-state index contributed by atoms with van der Waals surface area (Å²) in [5.74, 6) is 0.890. The predicted octanol–water partition coefficient (Wildman–Crippen LogP) is 2.84. The van der Waals surface area contributed by atoms with Crippen LogP contribution in [0.3, 0.4) is 0 Å². The van der Waals surface area contributed by atoms with Gasteiger partial charge in [0, 0.05) is 31.4 Å². The molecule has 108 valence electrons. The van der Waals surface area contributed by atoms with Crippen molar-refractivity contribution in [2.75, 3.05) is 7.11 Å². The van der Waals surface area contributed by atoms with Crippen LogP contribution < -0.4 is 10.1 Å². The Morgan fingerprint density at radius 1 is 1.30 bits per heavy atom. The molecule has 0 spiro atoms. The summed E-state index contributed by atoms with van der Waals surface area (Å²) in [4.78, 5) is 0. The number of benzene rings is 1. The number of rotatable bonds is 6. The van der Waals surface area contributed by atoms with E-state index in [0.717, 1.165) is 18.7 Å². The first-order valence-electron chi connectivity index (χ1n) is 7.02. The molecule has 1 atom stereocenters. The SMILES string of the molecule is CCc1nn(C)cc1CN[C@H](C)c1ccc(OC)cc1. The molecule has 2 rings (SSSR count). The maximum atomic E-state index is 5.18. The number of nitrogens with one attached hydrogen (secondary N) is 1. The second kappa shape index (κ2) is 6.57. The van der Waals surface area contributed by atoms with Gasteiger partial charge in [-0.05, 0) is 31.0 Å². The summed E-state index contributed by atoms with van der Waals surface area (Å²) in [7, 11) is 3.65. The Balaban J connectivity index is 1.98. The highest BCUT2D eigenvalue weighted by molar-refractivity contribution is 5.29. The van der Waals surface area contributed by atoms with Crippen LogP contribution in [0.2, 0.25) is 0 Å². The standard InChI is InChI=1S/C16H23N3O/c1-5-16-14(11-19(3)18-16)10-17-12(2)13-6-8-15(20-4)9-7-13/h6-9,11-12,17H,5,10H2,1-4H3/t12-/m1/s1. The van der Waals surface area contributed by atoms with Crippen LogP contribution in [0.5, 0.6) is 5.75 Å². The summed E-state index contributed by atoms with van der Waals surface area (Å²) in [6, 6.07) is 8.48. The van der Waals surface area contributed by atoms with Crippen LogP contribution >= 0.6 is 0 Å². The van der Waals surface area contributed by atoms with Crippen LogP contribution in [-0.2, 0) is 20.0 Å². The van der Waals surface area contributed by atoms with Crippen LogP contribution in [0.25, 0.3) is 0 Å². The zero-order valence-electron chi connectivity index (χ0n) is 12.7. The number of ether oxygens (including phenoxy) is 1. The zero-order chi connectivity index (χ0) is 14.5. The normalized spacial score (nSPS) is 12.4. The highest BCUT2D eigenvalue weighted by Crippen LogP contribution is 2.18. The fourth-order valence-corrected chi connectivity index (χ4v) is 2.30. The lowest BCUT2D eigenvalue weighted by atomic mass is 10.1. The molecular weight excluding hydrogens is 250 g/mol. The van der Waals surface area contributed by atoms with Crippen LogP contribution in [-0.4, -0.2) is 16.9 Å². The molecule has 0 radical (unpaired) electrons. The van der Waals surface area contributed by atoms with Gasteiger partial charge in [0.15, 0.2) is 0 Å². The Kier molecular flexibility index (Phi) is 4.79. The fourth-order valence-electron chi connectivity index (χ4n) is 2.30. The van der Waals surface area contributed by atoms with E-state index in [1.165, 1.54) is 16.8 Å². The molecule has 0 saturated heterocycles. The number of aromatic nitrogens is 2. The number of aryl methyl sites for hydroxylation is 2. The van der Waals surface area contributed by atoms with Crippen molar-refractivity contribution in [2.45, 2.75) is 32.9 Å². The lowest BCUT2D eigenvalue weighted by Crippen LogP contribution is -2.18. The van der Waals surface area contributed by atoms with E-state index < -0.39 is 0 Å². The van der Waals surface area contributed by atoms with Gasteiger partial charge in [-0.1, -0.05) is 19.1 Å². The molecule has 20 heavy (non-hydrogen) atoms. The molecule has 0 saturated carbocycles. The quantitative estimate of drug-likeness (QED) is 0.879. The smallest absolute Gasteiger partial charge is 0.118 e. The minimum absolute atomic E-state index is 0.297. The van der Waals surface area contributed by atoms with Gasteiger partial charge >= 0.3 is 0 Å². The Hall–Kier alpha value is -1.81. The second-order valence-electron chi connectivity index (χ2n) is 5.00. The summed E-state index contributed by atoms with van der Waals surface area (Å²) in [6.07, 6.45) is 3.06. The fraction of sp³-hybridized carbons (Fsp3) is 0.438. The van der Waals surface area contributed by atoms with E-state index in [9.17, 15) is 0 Å². The third-order valence-electron chi connectivity index (χ3n) is 3.54. The number of nitrogens with zero attached hydrogens (tertiary/aromatic N) is 2. The van der Waals surface area contributed by atoms with Gasteiger partial charge in [0.1, 0.15) is 5.75 Å². The van der Waals surface area contributed by atoms with Gasteiger partial charge in [-0.2, -0.15) is 5.10 Å². The van der Waals surface area contributed by atoms with Gasteiger partial charge < -0.3 is 10.1 Å². The van der Waals surface area contributed by atoms with Gasteiger partial charge in [0.25, 0.3) is 0 Å². The molecule has 0 bridgehead atoms. The molecule has 1 aromatic carbocycles. The monoisotopic (exact) mass is 273 g/mol. The Bertz CT molecular complexity index is 545. The molecule has 2 aromatic rings. The third kappa shape index (κ3) is 3.39. The highest BCUT2D eigenvalue weighted by atomic mass is 16.5. The molecule has 4 heteroatoms. The summed E-state index contributed by atoms with van der Waals surface area (Å²) in [5.41, 5.74) is 3.70. The van der Waals surface area contributed by atoms with Crippen LogP contribution in [0.4, 0.5) is 0 Å². The number of hydrogen-bond acceptors (Lipinski definition) is 3. The van der Waals surface area contributed by atoms with Gasteiger partial charge in [-0.25, -0.2) is 0 Å². The highest BCUT2D eigenvalue weighted by Gasteiger charge is 2.09. The van der Waals surface area contributed by atoms with Gasteiger partial charge in [-0.15, -0.1) is 0 Å². The van der Waals surface area contributed by atoms with E-state index in [4.69, 9.17) is 4.74 Å². The summed E-state index contributed by atoms with van der Waals surface area (Å²) >= 11 is 0. The first-order valence-corrected chi connectivity index (χ1v) is 7.02. The van der Waals surface area contributed by atoms with Crippen LogP contribution in [0.15, 0.2) is 30.5 Å². The minimum atomic E-state index is 0.297. The molecule has 1 heterocycles. The molecule has 0 aliphatic carbocycles. The van der Waals surface area contributed by atoms with Crippen molar-refractivity contribution in [3.8, 4) is 5.75 Å². The third-order valence-corrected chi connectivity index (χ3v) is 3.54. The van der Waals surface area contributed by atoms with E-state index >= 15 is 0 Å². The van der Waals surface area contributed by atoms with Crippen molar-refractivity contribution in [3.05, 3.63) is 47.3 Å². The maximum Gasteiger partial charge on any atom is 0.118 e. The van der Waals surface area contributed by atoms with E-state index in [-0.39, 0.29) is 0 Å². The molecule has 0 amide bonds. The molecule has 0 unspecified atom stereocenters. The molecule has 1 aromatic heterocycles. The zero-order valence-corrected chi connectivity index (χ0v) is 12.7.